The molecule has 57 heavy (non-hydrogen) atoms. The SMILES string of the molecule is CC1(C)c2ccccc2-c2ccc(N(c3ccc(-c4ccc5c(c4)-c4ccccc4C54C5CC6CC(C5)CC4C6)cc3)c3ccc4oc5ccccc5c4c3)cc21. The average Bonchev–Trinajstić information content (AvgIpc) is 3.84. The van der Waals surface area contributed by atoms with E-state index in [-0.39, 0.29) is 10.8 Å². The summed E-state index contributed by atoms with van der Waals surface area (Å²) in [6.07, 6.45) is 7.15. The summed E-state index contributed by atoms with van der Waals surface area (Å²) in [5, 5.41) is 2.28. The molecule has 4 fully saturated rings. The summed E-state index contributed by atoms with van der Waals surface area (Å²) in [6.45, 7) is 4.73. The topological polar surface area (TPSA) is 16.4 Å². The molecule has 4 saturated carbocycles. The molecule has 0 saturated heterocycles. The summed E-state index contributed by atoms with van der Waals surface area (Å²) in [5.74, 6) is 3.47. The fourth-order valence-electron chi connectivity index (χ4n) is 13.3. The average molecular weight is 736 g/mol. The van der Waals surface area contributed by atoms with Gasteiger partial charge >= 0.3 is 0 Å². The Bertz CT molecular complexity index is 2930. The second-order valence-electron chi connectivity index (χ2n) is 18.5. The highest BCUT2D eigenvalue weighted by molar-refractivity contribution is 6.06. The minimum absolute atomic E-state index is 0.0936. The van der Waals surface area contributed by atoms with Gasteiger partial charge in [-0.1, -0.05) is 111 Å². The molecule has 1 spiro atoms. The summed E-state index contributed by atoms with van der Waals surface area (Å²) in [7, 11) is 0. The van der Waals surface area contributed by atoms with Crippen molar-refractivity contribution in [1.29, 1.82) is 0 Å². The molecule has 2 nitrogen and oxygen atoms in total. The van der Waals surface area contributed by atoms with Crippen molar-refractivity contribution in [3.63, 3.8) is 0 Å². The maximum absolute atomic E-state index is 6.29. The quantitative estimate of drug-likeness (QED) is 0.179. The molecule has 1 aromatic heterocycles. The molecule has 4 bridgehead atoms. The highest BCUT2D eigenvalue weighted by Gasteiger charge is 2.61. The lowest BCUT2D eigenvalue weighted by Gasteiger charge is -2.61. The lowest BCUT2D eigenvalue weighted by molar-refractivity contribution is -0.0399. The van der Waals surface area contributed by atoms with Crippen molar-refractivity contribution in [1.82, 2.24) is 0 Å². The number of hydrogen-bond donors (Lipinski definition) is 0. The molecule has 0 aliphatic heterocycles. The van der Waals surface area contributed by atoms with E-state index < -0.39 is 0 Å². The van der Waals surface area contributed by atoms with Crippen molar-refractivity contribution in [3.8, 4) is 33.4 Å². The van der Waals surface area contributed by atoms with Gasteiger partial charge in [-0.2, -0.15) is 0 Å². The van der Waals surface area contributed by atoms with E-state index in [1.165, 1.54) is 76.6 Å². The number of hydrogen-bond acceptors (Lipinski definition) is 2. The van der Waals surface area contributed by atoms with Crippen LogP contribution in [0.2, 0.25) is 0 Å². The van der Waals surface area contributed by atoms with Crippen molar-refractivity contribution < 1.29 is 4.42 Å². The molecule has 6 aliphatic carbocycles. The highest BCUT2D eigenvalue weighted by atomic mass is 16.3. The molecule has 0 amide bonds. The molecule has 0 N–H and O–H groups in total. The largest absolute Gasteiger partial charge is 0.456 e. The maximum atomic E-state index is 6.29. The van der Waals surface area contributed by atoms with Crippen LogP contribution < -0.4 is 4.90 Å². The first kappa shape index (κ1) is 32.2. The van der Waals surface area contributed by atoms with Gasteiger partial charge in [0.1, 0.15) is 11.2 Å². The predicted octanol–water partition coefficient (Wildman–Crippen LogP) is 14.8. The maximum Gasteiger partial charge on any atom is 0.135 e. The van der Waals surface area contributed by atoms with E-state index in [0.29, 0.717) is 0 Å². The number of fused-ring (bicyclic) bond motifs is 9. The first-order chi connectivity index (χ1) is 27.9. The van der Waals surface area contributed by atoms with Gasteiger partial charge in [-0.05, 0) is 166 Å². The van der Waals surface area contributed by atoms with Gasteiger partial charge in [0, 0.05) is 38.7 Å². The fourth-order valence-corrected chi connectivity index (χ4v) is 13.3. The molecule has 8 aromatic rings. The van der Waals surface area contributed by atoms with Crippen LogP contribution in [0.15, 0.2) is 156 Å². The Morgan fingerprint density at radius 3 is 1.81 bits per heavy atom. The normalized spacial score (nSPS) is 24.2. The minimum Gasteiger partial charge on any atom is -0.456 e. The number of para-hydroxylation sites is 1. The zero-order chi connectivity index (χ0) is 37.6. The van der Waals surface area contributed by atoms with Crippen LogP contribution in [0.25, 0.3) is 55.3 Å². The van der Waals surface area contributed by atoms with Gasteiger partial charge in [-0.3, -0.25) is 0 Å². The number of benzene rings is 7. The van der Waals surface area contributed by atoms with E-state index in [1.54, 1.807) is 11.1 Å². The van der Waals surface area contributed by atoms with Crippen LogP contribution in [0.1, 0.15) is 68.2 Å². The van der Waals surface area contributed by atoms with Gasteiger partial charge in [0.2, 0.25) is 0 Å². The zero-order valence-corrected chi connectivity index (χ0v) is 32.6. The van der Waals surface area contributed by atoms with Gasteiger partial charge in [0.05, 0.1) is 0 Å². The third kappa shape index (κ3) is 4.31. The molecule has 2 heteroatoms. The van der Waals surface area contributed by atoms with Gasteiger partial charge in [0.15, 0.2) is 0 Å². The molecule has 276 valence electrons. The Morgan fingerprint density at radius 1 is 0.439 bits per heavy atom. The van der Waals surface area contributed by atoms with E-state index in [2.05, 4.69) is 164 Å². The molecule has 14 rings (SSSR count). The van der Waals surface area contributed by atoms with Crippen LogP contribution in [0.4, 0.5) is 17.1 Å². The Balaban J connectivity index is 0.928. The Morgan fingerprint density at radius 2 is 1.02 bits per heavy atom. The summed E-state index contributed by atoms with van der Waals surface area (Å²) in [6, 6.07) is 57.3. The number of nitrogens with zero attached hydrogens (tertiary/aromatic N) is 1. The van der Waals surface area contributed by atoms with Crippen LogP contribution >= 0.6 is 0 Å². The minimum atomic E-state index is -0.0936. The molecule has 6 aliphatic rings. The molecular weight excluding hydrogens is 691 g/mol. The van der Waals surface area contributed by atoms with Crippen molar-refractivity contribution >= 4 is 39.0 Å². The van der Waals surface area contributed by atoms with Gasteiger partial charge in [-0.25, -0.2) is 0 Å². The summed E-state index contributed by atoms with van der Waals surface area (Å²) >= 11 is 0. The lowest BCUT2D eigenvalue weighted by atomic mass is 9.43. The Hall–Kier alpha value is -5.86. The summed E-state index contributed by atoms with van der Waals surface area (Å²) in [4.78, 5) is 2.43. The first-order valence-corrected chi connectivity index (χ1v) is 21.3. The Labute approximate surface area is 334 Å². The fraction of sp³-hybridized carbons (Fsp3) is 0.236. The predicted molar refractivity (Wildman–Crippen MR) is 235 cm³/mol. The van der Waals surface area contributed by atoms with E-state index in [4.69, 9.17) is 4.42 Å². The number of furan rings is 1. The summed E-state index contributed by atoms with van der Waals surface area (Å²) < 4.78 is 6.29. The number of rotatable bonds is 4. The van der Waals surface area contributed by atoms with Gasteiger partial charge in [-0.15, -0.1) is 0 Å². The van der Waals surface area contributed by atoms with Gasteiger partial charge < -0.3 is 9.32 Å². The highest BCUT2D eigenvalue weighted by Crippen LogP contribution is 2.69. The van der Waals surface area contributed by atoms with E-state index in [9.17, 15) is 0 Å². The molecule has 1 heterocycles. The molecular formula is C55H45NO. The first-order valence-electron chi connectivity index (χ1n) is 21.3. The van der Waals surface area contributed by atoms with Crippen LogP contribution in [-0.4, -0.2) is 0 Å². The van der Waals surface area contributed by atoms with Crippen LogP contribution in [0.5, 0.6) is 0 Å². The van der Waals surface area contributed by atoms with E-state index in [1.807, 2.05) is 6.07 Å². The van der Waals surface area contributed by atoms with Gasteiger partial charge in [0.25, 0.3) is 0 Å². The smallest absolute Gasteiger partial charge is 0.135 e. The van der Waals surface area contributed by atoms with Crippen LogP contribution in [-0.2, 0) is 10.8 Å². The third-order valence-corrected chi connectivity index (χ3v) is 15.5. The monoisotopic (exact) mass is 735 g/mol. The molecule has 0 unspecified atom stereocenters. The zero-order valence-electron chi connectivity index (χ0n) is 32.6. The van der Waals surface area contributed by atoms with E-state index >= 15 is 0 Å². The molecule has 7 aromatic carbocycles. The second kappa shape index (κ2) is 11.4. The molecule has 0 atom stereocenters. The van der Waals surface area contributed by atoms with E-state index in [0.717, 1.165) is 62.7 Å². The summed E-state index contributed by atoms with van der Waals surface area (Å²) in [5.41, 5.74) is 19.5. The van der Waals surface area contributed by atoms with Crippen LogP contribution in [0.3, 0.4) is 0 Å². The number of anilines is 3. The molecule has 0 radical (unpaired) electrons. The third-order valence-electron chi connectivity index (χ3n) is 15.5. The van der Waals surface area contributed by atoms with Crippen molar-refractivity contribution in [2.24, 2.45) is 23.7 Å². The van der Waals surface area contributed by atoms with Crippen molar-refractivity contribution in [3.05, 3.63) is 174 Å². The second-order valence-corrected chi connectivity index (χ2v) is 18.5. The standard InChI is InChI=1S/C55H45NO/c1-54(2)48-12-6-3-9-42(48)44-22-20-41(32-51(44)54)56(40-21-24-53-47(31-40)45-11-5-8-14-52(45)57-53)39-18-15-35(16-19-39)36-17-23-50-46(30-36)43-10-4-7-13-49(43)55(50)37-26-33-25-34(28-37)29-38(55)27-33/h3-24,30-34,37-38H,25-29H2,1-2H3. The Kier molecular flexibility index (Phi) is 6.44. The van der Waals surface area contributed by atoms with Crippen LogP contribution in [0, 0.1) is 23.7 Å². The van der Waals surface area contributed by atoms with Crippen molar-refractivity contribution in [2.45, 2.75) is 56.8 Å². The van der Waals surface area contributed by atoms with Crippen molar-refractivity contribution in [2.75, 3.05) is 4.90 Å². The lowest BCUT2D eigenvalue weighted by Crippen LogP contribution is -2.55.